The highest BCUT2D eigenvalue weighted by atomic mass is 16.6. The summed E-state index contributed by atoms with van der Waals surface area (Å²) < 4.78 is 0. The van der Waals surface area contributed by atoms with Crippen LogP contribution in [0.2, 0.25) is 0 Å². The number of nitrogens with zero attached hydrogens (tertiary/aromatic N) is 3. The Morgan fingerprint density at radius 2 is 2.28 bits per heavy atom. The molecule has 1 aromatic carbocycles. The number of carboxylic acids is 1. The van der Waals surface area contributed by atoms with Crippen LogP contribution in [0.1, 0.15) is 16.8 Å². The van der Waals surface area contributed by atoms with Gasteiger partial charge in [-0.3, -0.25) is 10.1 Å². The Hall–Kier alpha value is -2.62. The number of hydrogen-bond donors (Lipinski definition) is 1. The number of carboxylic acid groups (broad SMARTS) is 1. The van der Waals surface area contributed by atoms with Crippen molar-refractivity contribution in [3.8, 4) is 6.07 Å². The second-order valence-corrected chi connectivity index (χ2v) is 3.60. The van der Waals surface area contributed by atoms with Gasteiger partial charge in [0.2, 0.25) is 0 Å². The van der Waals surface area contributed by atoms with E-state index in [-0.39, 0.29) is 23.4 Å². The lowest BCUT2D eigenvalue weighted by Gasteiger charge is -2.17. The molecular weight excluding hydrogens is 238 g/mol. The van der Waals surface area contributed by atoms with Crippen LogP contribution in [0.15, 0.2) is 18.2 Å². The number of nitro benzene ring substituents is 1. The van der Waals surface area contributed by atoms with Crippen LogP contribution in [0.5, 0.6) is 0 Å². The van der Waals surface area contributed by atoms with E-state index in [1.165, 1.54) is 17.0 Å². The van der Waals surface area contributed by atoms with E-state index in [4.69, 9.17) is 10.4 Å². The normalized spacial score (nSPS) is 9.56. The van der Waals surface area contributed by atoms with Crippen molar-refractivity contribution in [3.05, 3.63) is 33.9 Å². The maximum absolute atomic E-state index is 10.8. The van der Waals surface area contributed by atoms with Crippen molar-refractivity contribution in [2.75, 3.05) is 18.5 Å². The van der Waals surface area contributed by atoms with E-state index in [1.807, 2.05) is 6.07 Å². The molecule has 0 heterocycles. The summed E-state index contributed by atoms with van der Waals surface area (Å²) in [5.74, 6) is -1.15. The maximum Gasteiger partial charge on any atom is 0.335 e. The van der Waals surface area contributed by atoms with Gasteiger partial charge in [-0.25, -0.2) is 4.79 Å². The average molecular weight is 249 g/mol. The molecule has 0 atom stereocenters. The highest BCUT2D eigenvalue weighted by molar-refractivity contribution is 5.90. The smallest absolute Gasteiger partial charge is 0.335 e. The monoisotopic (exact) mass is 249 g/mol. The van der Waals surface area contributed by atoms with Crippen molar-refractivity contribution in [2.45, 2.75) is 6.42 Å². The lowest BCUT2D eigenvalue weighted by molar-refractivity contribution is -0.384. The van der Waals surface area contributed by atoms with Crippen LogP contribution in [0.3, 0.4) is 0 Å². The topological polar surface area (TPSA) is 107 Å². The number of carbonyl (C=O) groups is 1. The molecule has 0 aliphatic heterocycles. The zero-order valence-electron chi connectivity index (χ0n) is 9.66. The minimum absolute atomic E-state index is 0.0283. The fourth-order valence-electron chi connectivity index (χ4n) is 1.45. The molecule has 1 aromatic rings. The van der Waals surface area contributed by atoms with Crippen LogP contribution in [0.4, 0.5) is 11.4 Å². The van der Waals surface area contributed by atoms with Gasteiger partial charge < -0.3 is 10.0 Å². The van der Waals surface area contributed by atoms with Gasteiger partial charge in [-0.1, -0.05) is 0 Å². The Kier molecular flexibility index (Phi) is 4.21. The zero-order chi connectivity index (χ0) is 13.7. The van der Waals surface area contributed by atoms with Crippen LogP contribution in [0.25, 0.3) is 0 Å². The molecule has 0 saturated heterocycles. The summed E-state index contributed by atoms with van der Waals surface area (Å²) >= 11 is 0. The summed E-state index contributed by atoms with van der Waals surface area (Å²) in [4.78, 5) is 22.6. The van der Waals surface area contributed by atoms with Crippen LogP contribution in [0, 0.1) is 21.4 Å². The summed E-state index contributed by atoms with van der Waals surface area (Å²) in [6.07, 6.45) is 0.199. The maximum atomic E-state index is 10.8. The second kappa shape index (κ2) is 5.63. The van der Waals surface area contributed by atoms with E-state index in [9.17, 15) is 14.9 Å². The van der Waals surface area contributed by atoms with E-state index in [2.05, 4.69) is 0 Å². The van der Waals surface area contributed by atoms with Crippen molar-refractivity contribution in [2.24, 2.45) is 0 Å². The lowest BCUT2D eigenvalue weighted by Crippen LogP contribution is -2.19. The largest absolute Gasteiger partial charge is 0.478 e. The van der Waals surface area contributed by atoms with E-state index in [0.29, 0.717) is 6.54 Å². The quantitative estimate of drug-likeness (QED) is 0.627. The summed E-state index contributed by atoms with van der Waals surface area (Å²) in [6, 6.07) is 5.50. The summed E-state index contributed by atoms with van der Waals surface area (Å²) in [6.45, 7) is 0.292. The first kappa shape index (κ1) is 13.4. The summed E-state index contributed by atoms with van der Waals surface area (Å²) in [5.41, 5.74) is -0.0185. The van der Waals surface area contributed by atoms with Crippen LogP contribution >= 0.6 is 0 Å². The third-order valence-electron chi connectivity index (χ3n) is 2.39. The molecule has 7 heteroatoms. The minimum Gasteiger partial charge on any atom is -0.478 e. The SMILES string of the molecule is CN(CCC#N)c1cc(C(=O)O)ccc1[N+](=O)[O-]. The predicted molar refractivity (Wildman–Crippen MR) is 63.6 cm³/mol. The average Bonchev–Trinajstić information content (AvgIpc) is 2.34. The molecule has 0 saturated carbocycles. The van der Waals surface area contributed by atoms with E-state index >= 15 is 0 Å². The first-order chi connectivity index (χ1) is 8.47. The predicted octanol–water partition coefficient (Wildman–Crippen LogP) is 1.64. The molecule has 0 unspecified atom stereocenters. The summed E-state index contributed by atoms with van der Waals surface area (Å²) in [7, 11) is 1.57. The molecule has 18 heavy (non-hydrogen) atoms. The molecule has 0 aromatic heterocycles. The zero-order valence-corrected chi connectivity index (χ0v) is 9.66. The number of hydrogen-bond acceptors (Lipinski definition) is 5. The minimum atomic E-state index is -1.15. The van der Waals surface area contributed by atoms with Crippen LogP contribution in [-0.2, 0) is 0 Å². The molecule has 0 bridgehead atoms. The van der Waals surface area contributed by atoms with Crippen molar-refractivity contribution >= 4 is 17.3 Å². The molecule has 0 amide bonds. The highest BCUT2D eigenvalue weighted by Gasteiger charge is 2.19. The van der Waals surface area contributed by atoms with Gasteiger partial charge in [0.05, 0.1) is 23.0 Å². The molecular formula is C11H11N3O4. The van der Waals surface area contributed by atoms with Gasteiger partial charge in [0.25, 0.3) is 5.69 Å². The molecule has 0 spiro atoms. The van der Waals surface area contributed by atoms with E-state index < -0.39 is 10.9 Å². The molecule has 7 nitrogen and oxygen atoms in total. The van der Waals surface area contributed by atoms with Crippen LogP contribution in [-0.4, -0.2) is 29.6 Å². The van der Waals surface area contributed by atoms with E-state index in [1.54, 1.807) is 7.05 Å². The first-order valence-corrected chi connectivity index (χ1v) is 5.07. The van der Waals surface area contributed by atoms with E-state index in [0.717, 1.165) is 6.07 Å². The Labute approximate surface area is 103 Å². The Balaban J connectivity index is 3.19. The number of anilines is 1. The van der Waals surface area contributed by atoms with Gasteiger partial charge in [0.15, 0.2) is 0 Å². The van der Waals surface area contributed by atoms with Gasteiger partial charge in [-0.2, -0.15) is 5.26 Å². The van der Waals surface area contributed by atoms with Gasteiger partial charge in [0, 0.05) is 19.7 Å². The Morgan fingerprint density at radius 1 is 1.61 bits per heavy atom. The molecule has 0 aliphatic carbocycles. The fourth-order valence-corrected chi connectivity index (χ4v) is 1.45. The van der Waals surface area contributed by atoms with Crippen molar-refractivity contribution in [3.63, 3.8) is 0 Å². The van der Waals surface area contributed by atoms with Crippen LogP contribution < -0.4 is 4.90 Å². The number of rotatable bonds is 5. The lowest BCUT2D eigenvalue weighted by atomic mass is 10.1. The number of nitriles is 1. The second-order valence-electron chi connectivity index (χ2n) is 3.60. The third-order valence-corrected chi connectivity index (χ3v) is 2.39. The standard InChI is InChI=1S/C11H11N3O4/c1-13(6-2-5-12)10-7-8(11(15)16)3-4-9(10)14(17)18/h3-4,7H,2,6H2,1H3,(H,15,16). The molecule has 94 valence electrons. The summed E-state index contributed by atoms with van der Waals surface area (Å²) in [5, 5.41) is 28.2. The van der Waals surface area contributed by atoms with Gasteiger partial charge in [-0.05, 0) is 12.1 Å². The third kappa shape index (κ3) is 2.95. The van der Waals surface area contributed by atoms with Crippen molar-refractivity contribution < 1.29 is 14.8 Å². The number of benzene rings is 1. The molecule has 0 aliphatic rings. The van der Waals surface area contributed by atoms with Gasteiger partial charge >= 0.3 is 5.97 Å². The molecule has 1 N–H and O–H groups in total. The molecule has 0 fully saturated rings. The van der Waals surface area contributed by atoms with Gasteiger partial charge in [-0.15, -0.1) is 0 Å². The van der Waals surface area contributed by atoms with Crippen molar-refractivity contribution in [1.82, 2.24) is 0 Å². The Morgan fingerprint density at radius 3 is 2.78 bits per heavy atom. The Bertz CT molecular complexity index is 522. The first-order valence-electron chi connectivity index (χ1n) is 5.07. The fraction of sp³-hybridized carbons (Fsp3) is 0.273. The molecule has 1 rings (SSSR count). The highest BCUT2D eigenvalue weighted by Crippen LogP contribution is 2.28. The number of aromatic carboxylic acids is 1. The molecule has 0 radical (unpaired) electrons. The van der Waals surface area contributed by atoms with Crippen molar-refractivity contribution in [1.29, 1.82) is 5.26 Å². The number of nitro groups is 1. The van der Waals surface area contributed by atoms with Gasteiger partial charge in [0.1, 0.15) is 5.69 Å².